The van der Waals surface area contributed by atoms with Crippen molar-refractivity contribution in [2.75, 3.05) is 7.11 Å². The van der Waals surface area contributed by atoms with Gasteiger partial charge in [-0.05, 0) is 11.0 Å². The van der Waals surface area contributed by atoms with Gasteiger partial charge in [-0.15, -0.1) is 0 Å². The van der Waals surface area contributed by atoms with Crippen LogP contribution in [0.25, 0.3) is 0 Å². The molecule has 7 nitrogen and oxygen atoms in total. The number of aliphatic carboxylic acids is 1. The summed E-state index contributed by atoms with van der Waals surface area (Å²) in [6.07, 6.45) is -0.763. The predicted octanol–water partition coefficient (Wildman–Crippen LogP) is -0.256. The highest BCUT2D eigenvalue weighted by atomic mass is 16.5. The first-order valence-electron chi connectivity index (χ1n) is 6.46. The average molecular weight is 297 g/mol. The summed E-state index contributed by atoms with van der Waals surface area (Å²) in [5.41, 5.74) is 0.935. The number of benzene rings is 1. The van der Waals surface area contributed by atoms with E-state index in [4.69, 9.17) is 15.2 Å². The van der Waals surface area contributed by atoms with Crippen LogP contribution in [0.2, 0.25) is 0 Å². The second-order valence-corrected chi connectivity index (χ2v) is 3.85. The Labute approximate surface area is 123 Å². The highest BCUT2D eigenvalue weighted by Gasteiger charge is 2.21. The number of methoxy groups -OCH3 is 1. The lowest BCUT2D eigenvalue weighted by Crippen LogP contribution is -2.42. The SMILES string of the molecule is CC.COC(=O)NC(Cc1ccc(B(O)O)cc1)C(=O)O. The van der Waals surface area contributed by atoms with Crippen LogP contribution in [0.15, 0.2) is 24.3 Å². The molecule has 0 saturated heterocycles. The predicted molar refractivity (Wildman–Crippen MR) is 78.3 cm³/mol. The minimum atomic E-state index is -1.57. The number of carbonyl (C=O) groups excluding carboxylic acids is 1. The molecule has 0 fully saturated rings. The zero-order valence-electron chi connectivity index (χ0n) is 12.2. The lowest BCUT2D eigenvalue weighted by molar-refractivity contribution is -0.139. The van der Waals surface area contributed by atoms with Crippen molar-refractivity contribution in [2.45, 2.75) is 26.3 Å². The van der Waals surface area contributed by atoms with E-state index in [-0.39, 0.29) is 6.42 Å². The van der Waals surface area contributed by atoms with Gasteiger partial charge in [0.05, 0.1) is 7.11 Å². The van der Waals surface area contributed by atoms with E-state index in [1.54, 1.807) is 12.1 Å². The molecule has 116 valence electrons. The molecule has 0 aromatic heterocycles. The van der Waals surface area contributed by atoms with Crippen LogP contribution < -0.4 is 10.8 Å². The Hall–Kier alpha value is -2.06. The van der Waals surface area contributed by atoms with Crippen molar-refractivity contribution in [1.82, 2.24) is 5.32 Å². The number of alkyl carbamates (subject to hydrolysis) is 1. The van der Waals surface area contributed by atoms with Crippen molar-refractivity contribution >= 4 is 24.6 Å². The van der Waals surface area contributed by atoms with Crippen LogP contribution in [-0.4, -0.2) is 47.5 Å². The topological polar surface area (TPSA) is 116 Å². The largest absolute Gasteiger partial charge is 0.488 e. The molecule has 0 radical (unpaired) electrons. The summed E-state index contributed by atoms with van der Waals surface area (Å²) in [5, 5.41) is 29.0. The Bertz CT molecular complexity index is 448. The molecule has 0 spiro atoms. The molecule has 4 N–H and O–H groups in total. The number of carbonyl (C=O) groups is 2. The summed E-state index contributed by atoms with van der Waals surface area (Å²) in [6, 6.07) is 4.94. The van der Waals surface area contributed by atoms with Gasteiger partial charge in [0.2, 0.25) is 0 Å². The van der Waals surface area contributed by atoms with Gasteiger partial charge in [-0.3, -0.25) is 0 Å². The highest BCUT2D eigenvalue weighted by Crippen LogP contribution is 2.03. The van der Waals surface area contributed by atoms with Crippen molar-refractivity contribution in [2.24, 2.45) is 0 Å². The molecule has 21 heavy (non-hydrogen) atoms. The van der Waals surface area contributed by atoms with Crippen molar-refractivity contribution in [3.05, 3.63) is 29.8 Å². The third-order valence-electron chi connectivity index (χ3n) is 2.49. The maximum atomic E-state index is 11.0. The average Bonchev–Trinajstić information content (AvgIpc) is 2.48. The molecule has 0 aliphatic heterocycles. The van der Waals surface area contributed by atoms with E-state index < -0.39 is 25.2 Å². The van der Waals surface area contributed by atoms with Gasteiger partial charge in [0.25, 0.3) is 0 Å². The summed E-state index contributed by atoms with van der Waals surface area (Å²) in [4.78, 5) is 22.0. The summed E-state index contributed by atoms with van der Waals surface area (Å²) in [6.45, 7) is 4.00. The normalized spacial score (nSPS) is 10.7. The minimum Gasteiger partial charge on any atom is -0.480 e. The molecular weight excluding hydrogens is 277 g/mol. The number of ether oxygens (including phenoxy) is 1. The zero-order valence-corrected chi connectivity index (χ0v) is 12.2. The maximum absolute atomic E-state index is 11.0. The third-order valence-corrected chi connectivity index (χ3v) is 2.49. The lowest BCUT2D eigenvalue weighted by Gasteiger charge is -2.13. The molecule has 0 aliphatic carbocycles. The lowest BCUT2D eigenvalue weighted by atomic mass is 9.80. The van der Waals surface area contributed by atoms with Crippen LogP contribution in [0, 0.1) is 0 Å². The number of rotatable bonds is 5. The molecule has 0 saturated carbocycles. The fourth-order valence-electron chi connectivity index (χ4n) is 1.46. The summed E-state index contributed by atoms with van der Waals surface area (Å²) < 4.78 is 4.34. The highest BCUT2D eigenvalue weighted by molar-refractivity contribution is 6.58. The number of amides is 1. The van der Waals surface area contributed by atoms with E-state index in [0.29, 0.717) is 11.0 Å². The van der Waals surface area contributed by atoms with Gasteiger partial charge < -0.3 is 25.2 Å². The Morgan fingerprint density at radius 3 is 2.14 bits per heavy atom. The van der Waals surface area contributed by atoms with Crippen LogP contribution in [0.3, 0.4) is 0 Å². The number of nitrogens with one attached hydrogen (secondary N) is 1. The van der Waals surface area contributed by atoms with E-state index >= 15 is 0 Å². The molecule has 1 atom stereocenters. The molecule has 0 bridgehead atoms. The van der Waals surface area contributed by atoms with E-state index in [1.165, 1.54) is 12.1 Å². The first-order chi connectivity index (χ1) is 9.93. The molecule has 0 heterocycles. The van der Waals surface area contributed by atoms with Gasteiger partial charge >= 0.3 is 19.2 Å². The second kappa shape index (κ2) is 9.79. The van der Waals surface area contributed by atoms with Gasteiger partial charge in [0, 0.05) is 6.42 Å². The summed E-state index contributed by atoms with van der Waals surface area (Å²) >= 11 is 0. The monoisotopic (exact) mass is 297 g/mol. The fourth-order valence-corrected chi connectivity index (χ4v) is 1.46. The maximum Gasteiger partial charge on any atom is 0.488 e. The van der Waals surface area contributed by atoms with Crippen molar-refractivity contribution < 1.29 is 29.5 Å². The molecule has 1 rings (SSSR count). The van der Waals surface area contributed by atoms with Gasteiger partial charge in [0.15, 0.2) is 0 Å². The Balaban J connectivity index is 0.00000191. The van der Waals surface area contributed by atoms with Crippen LogP contribution in [0.4, 0.5) is 4.79 Å². The van der Waals surface area contributed by atoms with E-state index in [2.05, 4.69) is 10.1 Å². The smallest absolute Gasteiger partial charge is 0.480 e. The minimum absolute atomic E-state index is 0.0617. The number of carboxylic acids is 1. The standard InChI is InChI=1S/C11H14BNO6.C2H6/c1-19-11(16)13-9(10(14)15)6-7-2-4-8(5-3-7)12(17)18;1-2/h2-5,9,17-18H,6H2,1H3,(H,13,16)(H,14,15);1-2H3. The van der Waals surface area contributed by atoms with Crippen LogP contribution >= 0.6 is 0 Å². The van der Waals surface area contributed by atoms with Gasteiger partial charge in [-0.2, -0.15) is 0 Å². The fraction of sp³-hybridized carbons (Fsp3) is 0.385. The van der Waals surface area contributed by atoms with Gasteiger partial charge in [0.1, 0.15) is 6.04 Å². The number of hydrogen-bond donors (Lipinski definition) is 4. The van der Waals surface area contributed by atoms with E-state index in [1.807, 2.05) is 13.8 Å². The van der Waals surface area contributed by atoms with E-state index in [9.17, 15) is 9.59 Å². The van der Waals surface area contributed by atoms with Crippen molar-refractivity contribution in [1.29, 1.82) is 0 Å². The molecule has 1 unspecified atom stereocenters. The van der Waals surface area contributed by atoms with Gasteiger partial charge in [-0.25, -0.2) is 9.59 Å². The number of hydrogen-bond acceptors (Lipinski definition) is 5. The van der Waals surface area contributed by atoms with Crippen molar-refractivity contribution in [3.63, 3.8) is 0 Å². The quantitative estimate of drug-likeness (QED) is 0.557. The molecule has 1 aromatic rings. The van der Waals surface area contributed by atoms with Crippen LogP contribution in [0.5, 0.6) is 0 Å². The zero-order chi connectivity index (χ0) is 16.4. The number of carboxylic acid groups (broad SMARTS) is 1. The first kappa shape index (κ1) is 18.9. The second-order valence-electron chi connectivity index (χ2n) is 3.85. The molecular formula is C13H20BNO6. The van der Waals surface area contributed by atoms with E-state index in [0.717, 1.165) is 7.11 Å². The van der Waals surface area contributed by atoms with Crippen LogP contribution in [-0.2, 0) is 16.0 Å². The first-order valence-corrected chi connectivity index (χ1v) is 6.46. The summed E-state index contributed by atoms with van der Waals surface area (Å²) in [7, 11) is -0.427. The third kappa shape index (κ3) is 6.78. The molecule has 8 heteroatoms. The molecule has 1 aromatic carbocycles. The van der Waals surface area contributed by atoms with Crippen molar-refractivity contribution in [3.8, 4) is 0 Å². The van der Waals surface area contributed by atoms with Gasteiger partial charge in [-0.1, -0.05) is 38.1 Å². The summed E-state index contributed by atoms with van der Waals surface area (Å²) in [5.74, 6) is -1.18. The Morgan fingerprint density at radius 2 is 1.76 bits per heavy atom. The molecule has 1 amide bonds. The molecule has 0 aliphatic rings. The Morgan fingerprint density at radius 1 is 1.24 bits per heavy atom. The van der Waals surface area contributed by atoms with Crippen LogP contribution in [0.1, 0.15) is 19.4 Å². The Kier molecular flexibility index (Phi) is 8.83.